The Balaban J connectivity index is 2.67. The van der Waals surface area contributed by atoms with Crippen LogP contribution in [0.1, 0.15) is 20.3 Å². The van der Waals surface area contributed by atoms with E-state index in [-0.39, 0.29) is 16.9 Å². The van der Waals surface area contributed by atoms with Gasteiger partial charge < -0.3 is 10.0 Å². The highest BCUT2D eigenvalue weighted by Gasteiger charge is 2.23. The van der Waals surface area contributed by atoms with Crippen LogP contribution < -0.4 is 4.72 Å². The Hall–Kier alpha value is -0.960. The van der Waals surface area contributed by atoms with E-state index < -0.39 is 10.0 Å². The Labute approximate surface area is 127 Å². The average Bonchev–Trinajstić information content (AvgIpc) is 2.82. The van der Waals surface area contributed by atoms with Crippen molar-refractivity contribution < 1.29 is 13.5 Å². The second kappa shape index (κ2) is 7.35. The molecule has 0 saturated heterocycles. The zero-order chi connectivity index (χ0) is 16.1. The fraction of sp³-hybridized carbons (Fsp3) is 0.769. The van der Waals surface area contributed by atoms with Gasteiger partial charge >= 0.3 is 0 Å². The summed E-state index contributed by atoms with van der Waals surface area (Å²) in [7, 11) is 0.372. The van der Waals surface area contributed by atoms with E-state index in [1.807, 2.05) is 32.8 Å². The summed E-state index contributed by atoms with van der Waals surface area (Å²) in [5.74, 6) is 0. The van der Waals surface area contributed by atoms with Crippen LogP contribution in [0.3, 0.4) is 0 Å². The van der Waals surface area contributed by atoms with Gasteiger partial charge in [0.25, 0.3) is 0 Å². The molecule has 0 radical (unpaired) electrons. The molecule has 0 saturated carbocycles. The summed E-state index contributed by atoms with van der Waals surface area (Å²) in [6.07, 6.45) is 3.36. The monoisotopic (exact) mass is 318 g/mol. The quantitative estimate of drug-likeness (QED) is 0.676. The Morgan fingerprint density at radius 3 is 2.67 bits per heavy atom. The van der Waals surface area contributed by atoms with Crippen molar-refractivity contribution in [3.05, 3.63) is 12.4 Å². The Kier molecular flexibility index (Phi) is 6.33. The number of hydrogen-bond acceptors (Lipinski definition) is 5. The summed E-state index contributed by atoms with van der Waals surface area (Å²) in [6.45, 7) is 5.72. The lowest BCUT2D eigenvalue weighted by Gasteiger charge is -2.28. The highest BCUT2D eigenvalue weighted by atomic mass is 32.2. The first-order valence-corrected chi connectivity index (χ1v) is 8.42. The molecule has 8 heteroatoms. The molecule has 1 heterocycles. The third-order valence-corrected chi connectivity index (χ3v) is 4.31. The molecule has 7 nitrogen and oxygen atoms in total. The molecule has 0 aliphatic rings. The van der Waals surface area contributed by atoms with Gasteiger partial charge in [0.05, 0.1) is 6.20 Å². The van der Waals surface area contributed by atoms with Crippen LogP contribution in [0.5, 0.6) is 0 Å². The van der Waals surface area contributed by atoms with Crippen LogP contribution in [0.2, 0.25) is 0 Å². The second-order valence-corrected chi connectivity index (χ2v) is 8.01. The number of hydrogen-bond donors (Lipinski definition) is 2. The van der Waals surface area contributed by atoms with Gasteiger partial charge in [0.2, 0.25) is 10.0 Å². The molecule has 0 aromatic carbocycles. The van der Waals surface area contributed by atoms with Gasteiger partial charge in [-0.15, -0.1) is 0 Å². The average molecular weight is 318 g/mol. The smallest absolute Gasteiger partial charge is 0.243 e. The van der Waals surface area contributed by atoms with Crippen molar-refractivity contribution in [3.8, 4) is 0 Å². The van der Waals surface area contributed by atoms with Crippen molar-refractivity contribution in [2.24, 2.45) is 5.41 Å². The molecule has 1 aromatic rings. The minimum absolute atomic E-state index is 0.0545. The number of rotatable bonds is 9. The van der Waals surface area contributed by atoms with Gasteiger partial charge in [-0.3, -0.25) is 4.68 Å². The molecule has 0 bridgehead atoms. The molecule has 0 fully saturated rings. The third-order valence-electron chi connectivity index (χ3n) is 2.95. The molecule has 0 spiro atoms. The molecule has 0 unspecified atom stereocenters. The molecule has 0 amide bonds. The van der Waals surface area contributed by atoms with Crippen molar-refractivity contribution >= 4 is 10.0 Å². The van der Waals surface area contributed by atoms with E-state index in [2.05, 4.69) is 9.82 Å². The minimum atomic E-state index is -3.55. The Morgan fingerprint density at radius 1 is 1.43 bits per heavy atom. The van der Waals surface area contributed by atoms with E-state index in [4.69, 9.17) is 5.11 Å². The summed E-state index contributed by atoms with van der Waals surface area (Å²) in [5, 5.41) is 12.8. The standard InChI is InChI=1S/C13H26N4O3S/c1-13(2,11-16(3)4)10-15-21(19,20)12-8-14-17(9-12)6-5-7-18/h8-9,15,18H,5-7,10-11H2,1-4H3. The zero-order valence-electron chi connectivity index (χ0n) is 13.2. The van der Waals surface area contributed by atoms with Crippen molar-refractivity contribution in [3.63, 3.8) is 0 Å². The Morgan fingerprint density at radius 2 is 2.10 bits per heavy atom. The fourth-order valence-electron chi connectivity index (χ4n) is 2.12. The number of aromatic nitrogens is 2. The summed E-state index contributed by atoms with van der Waals surface area (Å²) in [5.41, 5.74) is -0.163. The first kappa shape index (κ1) is 18.1. The SMILES string of the molecule is CN(C)CC(C)(C)CNS(=O)(=O)c1cnn(CCCO)c1. The summed E-state index contributed by atoms with van der Waals surface area (Å²) in [6, 6.07) is 0. The van der Waals surface area contributed by atoms with Crippen LogP contribution in [0, 0.1) is 5.41 Å². The van der Waals surface area contributed by atoms with Gasteiger partial charge in [-0.2, -0.15) is 5.10 Å². The number of nitrogens with one attached hydrogen (secondary N) is 1. The topological polar surface area (TPSA) is 87.5 Å². The van der Waals surface area contributed by atoms with Crippen LogP contribution >= 0.6 is 0 Å². The maximum atomic E-state index is 12.2. The molecule has 0 atom stereocenters. The van der Waals surface area contributed by atoms with Crippen molar-refractivity contribution in [1.82, 2.24) is 19.4 Å². The van der Waals surface area contributed by atoms with Crippen LogP contribution in [-0.4, -0.2) is 62.0 Å². The van der Waals surface area contributed by atoms with Gasteiger partial charge in [-0.05, 0) is 25.9 Å². The van der Waals surface area contributed by atoms with E-state index >= 15 is 0 Å². The van der Waals surface area contributed by atoms with Gasteiger partial charge in [0, 0.05) is 32.4 Å². The maximum Gasteiger partial charge on any atom is 0.243 e. The fourth-order valence-corrected chi connectivity index (χ4v) is 3.32. The first-order chi connectivity index (χ1) is 9.66. The molecule has 1 rings (SSSR count). The molecule has 0 aliphatic heterocycles. The van der Waals surface area contributed by atoms with E-state index in [1.165, 1.54) is 17.1 Å². The number of nitrogens with zero attached hydrogens (tertiary/aromatic N) is 3. The largest absolute Gasteiger partial charge is 0.396 e. The van der Waals surface area contributed by atoms with E-state index in [0.717, 1.165) is 6.54 Å². The van der Waals surface area contributed by atoms with Crippen molar-refractivity contribution in [1.29, 1.82) is 0 Å². The highest BCUT2D eigenvalue weighted by Crippen LogP contribution is 2.16. The first-order valence-electron chi connectivity index (χ1n) is 6.94. The second-order valence-electron chi connectivity index (χ2n) is 6.24. The molecule has 1 aromatic heterocycles. The molecule has 2 N–H and O–H groups in total. The zero-order valence-corrected chi connectivity index (χ0v) is 14.0. The van der Waals surface area contributed by atoms with Crippen LogP contribution in [-0.2, 0) is 16.6 Å². The van der Waals surface area contributed by atoms with Crippen LogP contribution in [0.15, 0.2) is 17.3 Å². The lowest BCUT2D eigenvalue weighted by atomic mass is 9.93. The molecular formula is C13H26N4O3S. The minimum Gasteiger partial charge on any atom is -0.396 e. The molecular weight excluding hydrogens is 292 g/mol. The third kappa shape index (κ3) is 6.13. The Bertz CT molecular complexity index is 537. The summed E-state index contributed by atoms with van der Waals surface area (Å²) >= 11 is 0. The van der Waals surface area contributed by atoms with Gasteiger partial charge in [0.15, 0.2) is 0 Å². The summed E-state index contributed by atoms with van der Waals surface area (Å²) < 4.78 is 28.6. The lowest BCUT2D eigenvalue weighted by molar-refractivity contribution is 0.242. The number of aliphatic hydroxyl groups is 1. The van der Waals surface area contributed by atoms with Crippen LogP contribution in [0.4, 0.5) is 0 Å². The van der Waals surface area contributed by atoms with Crippen LogP contribution in [0.25, 0.3) is 0 Å². The van der Waals surface area contributed by atoms with E-state index in [0.29, 0.717) is 19.5 Å². The van der Waals surface area contributed by atoms with Crippen molar-refractivity contribution in [2.75, 3.05) is 33.8 Å². The van der Waals surface area contributed by atoms with Crippen molar-refractivity contribution in [2.45, 2.75) is 31.7 Å². The number of aliphatic hydroxyl groups excluding tert-OH is 1. The predicted molar refractivity (Wildman–Crippen MR) is 81.5 cm³/mol. The van der Waals surface area contributed by atoms with Gasteiger partial charge in [-0.25, -0.2) is 13.1 Å². The number of sulfonamides is 1. The summed E-state index contributed by atoms with van der Waals surface area (Å²) in [4.78, 5) is 2.18. The molecule has 0 aliphatic carbocycles. The van der Waals surface area contributed by atoms with E-state index in [1.54, 1.807) is 0 Å². The van der Waals surface area contributed by atoms with Gasteiger partial charge in [-0.1, -0.05) is 13.8 Å². The normalized spacial score (nSPS) is 13.0. The van der Waals surface area contributed by atoms with E-state index in [9.17, 15) is 8.42 Å². The maximum absolute atomic E-state index is 12.2. The molecule has 122 valence electrons. The lowest BCUT2D eigenvalue weighted by Crippen LogP contribution is -2.39. The van der Waals surface area contributed by atoms with Gasteiger partial charge in [0.1, 0.15) is 4.90 Å². The predicted octanol–water partition coefficient (Wildman–Crippen LogP) is 0.132. The molecule has 21 heavy (non-hydrogen) atoms. The number of aryl methyl sites for hydroxylation is 1. The highest BCUT2D eigenvalue weighted by molar-refractivity contribution is 7.89.